The van der Waals surface area contributed by atoms with Crippen molar-refractivity contribution in [3.05, 3.63) is 46.7 Å². The standard InChI is InChI=1S/C17H22N6S/c1-11(2)23-15(20-21-22-23)10-18-12(3)16-13(4)19-17(24-16)14-8-6-5-7-9-14/h5-9,11-12,18H,10H2,1-4H3. The summed E-state index contributed by atoms with van der Waals surface area (Å²) in [5, 5.41) is 16.5. The molecule has 126 valence electrons. The SMILES string of the molecule is Cc1nc(-c2ccccc2)sc1C(C)NCc1nnnn1C(C)C. The number of nitrogens with zero attached hydrogens (tertiary/aromatic N) is 5. The Labute approximate surface area is 145 Å². The van der Waals surface area contributed by atoms with E-state index in [1.165, 1.54) is 4.88 Å². The lowest BCUT2D eigenvalue weighted by Crippen LogP contribution is -2.21. The Morgan fingerprint density at radius 1 is 1.17 bits per heavy atom. The number of hydrogen-bond acceptors (Lipinski definition) is 6. The number of aromatic nitrogens is 5. The van der Waals surface area contributed by atoms with Gasteiger partial charge in [0.05, 0.1) is 18.3 Å². The van der Waals surface area contributed by atoms with E-state index in [0.717, 1.165) is 22.1 Å². The average molecular weight is 342 g/mol. The molecule has 2 aromatic heterocycles. The van der Waals surface area contributed by atoms with Crippen LogP contribution in [0.4, 0.5) is 0 Å². The van der Waals surface area contributed by atoms with Crippen LogP contribution in [-0.2, 0) is 6.54 Å². The molecule has 3 aromatic rings. The molecule has 6 nitrogen and oxygen atoms in total. The number of hydrogen-bond donors (Lipinski definition) is 1. The van der Waals surface area contributed by atoms with E-state index in [-0.39, 0.29) is 12.1 Å². The van der Waals surface area contributed by atoms with Gasteiger partial charge in [-0.25, -0.2) is 9.67 Å². The van der Waals surface area contributed by atoms with E-state index in [1.807, 2.05) is 22.9 Å². The van der Waals surface area contributed by atoms with Crippen LogP contribution in [0.15, 0.2) is 30.3 Å². The summed E-state index contributed by atoms with van der Waals surface area (Å²) in [4.78, 5) is 5.97. The molecule has 24 heavy (non-hydrogen) atoms. The summed E-state index contributed by atoms with van der Waals surface area (Å²) in [5.74, 6) is 0.849. The van der Waals surface area contributed by atoms with Gasteiger partial charge in [0, 0.05) is 16.5 Å². The summed E-state index contributed by atoms with van der Waals surface area (Å²) in [5.41, 5.74) is 2.23. The Morgan fingerprint density at radius 3 is 2.62 bits per heavy atom. The van der Waals surface area contributed by atoms with Crippen LogP contribution >= 0.6 is 11.3 Å². The van der Waals surface area contributed by atoms with Crippen LogP contribution in [0.5, 0.6) is 0 Å². The summed E-state index contributed by atoms with van der Waals surface area (Å²) >= 11 is 1.74. The van der Waals surface area contributed by atoms with Gasteiger partial charge >= 0.3 is 0 Å². The van der Waals surface area contributed by atoms with Crippen LogP contribution in [0.3, 0.4) is 0 Å². The predicted octanol–water partition coefficient (Wildman–Crippen LogP) is 3.54. The van der Waals surface area contributed by atoms with Crippen molar-refractivity contribution in [1.82, 2.24) is 30.5 Å². The summed E-state index contributed by atoms with van der Waals surface area (Å²) < 4.78 is 1.84. The van der Waals surface area contributed by atoms with E-state index in [9.17, 15) is 0 Å². The maximum atomic E-state index is 4.73. The Kier molecular flexibility index (Phi) is 5.01. The number of benzene rings is 1. The number of tetrazole rings is 1. The highest BCUT2D eigenvalue weighted by Crippen LogP contribution is 2.31. The molecule has 0 aliphatic rings. The third kappa shape index (κ3) is 3.52. The van der Waals surface area contributed by atoms with Gasteiger partial charge in [-0.1, -0.05) is 30.3 Å². The molecule has 0 radical (unpaired) electrons. The highest BCUT2D eigenvalue weighted by Gasteiger charge is 2.16. The molecule has 0 aliphatic carbocycles. The first-order chi connectivity index (χ1) is 11.6. The van der Waals surface area contributed by atoms with Crippen molar-refractivity contribution in [3.8, 4) is 10.6 Å². The van der Waals surface area contributed by atoms with Gasteiger partial charge < -0.3 is 5.32 Å². The van der Waals surface area contributed by atoms with Gasteiger partial charge in [-0.15, -0.1) is 16.4 Å². The Hall–Kier alpha value is -2.12. The zero-order valence-corrected chi connectivity index (χ0v) is 15.2. The van der Waals surface area contributed by atoms with Crippen LogP contribution in [-0.4, -0.2) is 25.2 Å². The van der Waals surface area contributed by atoms with Crippen molar-refractivity contribution < 1.29 is 0 Å². The van der Waals surface area contributed by atoms with Crippen LogP contribution in [0.25, 0.3) is 10.6 Å². The highest BCUT2D eigenvalue weighted by atomic mass is 32.1. The summed E-state index contributed by atoms with van der Waals surface area (Å²) in [6.07, 6.45) is 0. The lowest BCUT2D eigenvalue weighted by Gasteiger charge is -2.13. The first-order valence-electron chi connectivity index (χ1n) is 8.09. The summed E-state index contributed by atoms with van der Waals surface area (Å²) in [6, 6.07) is 10.7. The third-order valence-corrected chi connectivity index (χ3v) is 5.25. The third-order valence-electron chi connectivity index (χ3n) is 3.86. The second-order valence-electron chi connectivity index (χ2n) is 6.07. The quantitative estimate of drug-likeness (QED) is 0.742. The number of thiazole rings is 1. The smallest absolute Gasteiger partial charge is 0.165 e. The normalized spacial score (nSPS) is 12.7. The minimum atomic E-state index is 0.192. The molecule has 0 fully saturated rings. The van der Waals surface area contributed by atoms with E-state index < -0.39 is 0 Å². The second kappa shape index (κ2) is 7.19. The zero-order valence-electron chi connectivity index (χ0n) is 14.4. The fraction of sp³-hybridized carbons (Fsp3) is 0.412. The maximum absolute atomic E-state index is 4.73. The molecule has 0 aliphatic heterocycles. The predicted molar refractivity (Wildman–Crippen MR) is 95.7 cm³/mol. The number of aryl methyl sites for hydroxylation is 1. The van der Waals surface area contributed by atoms with Crippen LogP contribution < -0.4 is 5.32 Å². The molecule has 2 heterocycles. The zero-order chi connectivity index (χ0) is 17.1. The van der Waals surface area contributed by atoms with E-state index in [4.69, 9.17) is 4.98 Å². The molecular weight excluding hydrogens is 320 g/mol. The van der Waals surface area contributed by atoms with E-state index in [2.05, 4.69) is 60.7 Å². The van der Waals surface area contributed by atoms with Gasteiger partial charge in [0.15, 0.2) is 5.82 Å². The molecule has 1 unspecified atom stereocenters. The Balaban J connectivity index is 1.72. The highest BCUT2D eigenvalue weighted by molar-refractivity contribution is 7.15. The van der Waals surface area contributed by atoms with Crippen molar-refractivity contribution in [2.45, 2.75) is 46.3 Å². The lowest BCUT2D eigenvalue weighted by atomic mass is 10.2. The molecule has 0 amide bonds. The van der Waals surface area contributed by atoms with E-state index >= 15 is 0 Å². The first-order valence-corrected chi connectivity index (χ1v) is 8.90. The van der Waals surface area contributed by atoms with Crippen molar-refractivity contribution >= 4 is 11.3 Å². The van der Waals surface area contributed by atoms with Crippen LogP contribution in [0, 0.1) is 6.92 Å². The molecule has 1 atom stereocenters. The molecule has 0 saturated carbocycles. The van der Waals surface area contributed by atoms with Crippen molar-refractivity contribution in [1.29, 1.82) is 0 Å². The Bertz CT molecular complexity index is 793. The minimum absolute atomic E-state index is 0.192. The monoisotopic (exact) mass is 342 g/mol. The van der Waals surface area contributed by atoms with Gasteiger partial charge in [0.2, 0.25) is 0 Å². The van der Waals surface area contributed by atoms with Crippen molar-refractivity contribution in [2.24, 2.45) is 0 Å². The van der Waals surface area contributed by atoms with Gasteiger partial charge in [0.1, 0.15) is 5.01 Å². The fourth-order valence-electron chi connectivity index (χ4n) is 2.58. The second-order valence-corrected chi connectivity index (χ2v) is 7.10. The molecule has 0 saturated heterocycles. The van der Waals surface area contributed by atoms with Crippen LogP contribution in [0.2, 0.25) is 0 Å². The van der Waals surface area contributed by atoms with E-state index in [0.29, 0.717) is 6.54 Å². The van der Waals surface area contributed by atoms with E-state index in [1.54, 1.807) is 11.3 Å². The lowest BCUT2D eigenvalue weighted by molar-refractivity contribution is 0.469. The average Bonchev–Trinajstić information content (AvgIpc) is 3.20. The van der Waals surface area contributed by atoms with Gasteiger partial charge in [-0.05, 0) is 38.1 Å². The first kappa shape index (κ1) is 16.7. The van der Waals surface area contributed by atoms with Gasteiger partial charge in [-0.2, -0.15) is 0 Å². The number of nitrogens with one attached hydrogen (secondary N) is 1. The maximum Gasteiger partial charge on any atom is 0.165 e. The van der Waals surface area contributed by atoms with Gasteiger partial charge in [-0.3, -0.25) is 0 Å². The molecule has 0 spiro atoms. The fourth-order valence-corrected chi connectivity index (χ4v) is 3.68. The summed E-state index contributed by atoms with van der Waals surface area (Å²) in [6.45, 7) is 8.99. The topological polar surface area (TPSA) is 68.5 Å². The van der Waals surface area contributed by atoms with Crippen LogP contribution in [0.1, 0.15) is 49.3 Å². The molecule has 7 heteroatoms. The van der Waals surface area contributed by atoms with Crippen molar-refractivity contribution in [3.63, 3.8) is 0 Å². The van der Waals surface area contributed by atoms with Crippen molar-refractivity contribution in [2.75, 3.05) is 0 Å². The number of rotatable bonds is 6. The molecule has 3 rings (SSSR count). The largest absolute Gasteiger partial charge is 0.302 e. The summed E-state index contributed by atoms with van der Waals surface area (Å²) in [7, 11) is 0. The van der Waals surface area contributed by atoms with Gasteiger partial charge in [0.25, 0.3) is 0 Å². The molecule has 0 bridgehead atoms. The minimum Gasteiger partial charge on any atom is -0.302 e. The molecule has 1 aromatic carbocycles. The molecular formula is C17H22N6S. The Morgan fingerprint density at radius 2 is 1.92 bits per heavy atom. The molecule has 1 N–H and O–H groups in total.